The van der Waals surface area contributed by atoms with Crippen LogP contribution in [0.5, 0.6) is 0 Å². The van der Waals surface area contributed by atoms with Gasteiger partial charge in [0.2, 0.25) is 0 Å². The lowest BCUT2D eigenvalue weighted by molar-refractivity contribution is -0.164. The van der Waals surface area contributed by atoms with Crippen LogP contribution in [0.2, 0.25) is 0 Å². The lowest BCUT2D eigenvalue weighted by Crippen LogP contribution is -2.59. The molecule has 1 N–H and O–H groups in total. The Morgan fingerprint density at radius 2 is 1.90 bits per heavy atom. The van der Waals surface area contributed by atoms with Gasteiger partial charge in [0.1, 0.15) is 17.0 Å². The topological polar surface area (TPSA) is 50.7 Å². The van der Waals surface area contributed by atoms with Crippen molar-refractivity contribution in [1.82, 2.24) is 5.32 Å². The maximum atomic E-state index is 14.2. The summed E-state index contributed by atoms with van der Waals surface area (Å²) in [6, 6.07) is 6.35. The van der Waals surface area contributed by atoms with E-state index >= 15 is 0 Å². The fourth-order valence-corrected chi connectivity index (χ4v) is 2.39. The summed E-state index contributed by atoms with van der Waals surface area (Å²) in [5.41, 5.74) is -2.50. The number of aliphatic imine (C=N–C) groups is 1. The van der Waals surface area contributed by atoms with E-state index in [0.717, 1.165) is 0 Å². The lowest BCUT2D eigenvalue weighted by atomic mass is 9.75. The number of hydrogen-bond acceptors (Lipinski definition) is 4. The Labute approximate surface area is 124 Å². The fourth-order valence-electron chi connectivity index (χ4n) is 2.39. The molecule has 0 fully saturated rings. The number of ether oxygens (including phenoxy) is 1. The van der Waals surface area contributed by atoms with Gasteiger partial charge in [0.15, 0.2) is 5.54 Å². The van der Waals surface area contributed by atoms with Crippen LogP contribution in [-0.4, -0.2) is 23.4 Å². The first kappa shape index (κ1) is 15.5. The van der Waals surface area contributed by atoms with Gasteiger partial charge in [0.05, 0.1) is 6.34 Å². The van der Waals surface area contributed by atoms with E-state index in [-0.39, 0.29) is 0 Å². The second-order valence-electron chi connectivity index (χ2n) is 6.58. The van der Waals surface area contributed by atoms with Crippen LogP contribution in [0.25, 0.3) is 0 Å². The van der Waals surface area contributed by atoms with E-state index in [1.54, 1.807) is 52.8 Å². The first-order chi connectivity index (χ1) is 9.60. The number of nitrogens with one attached hydrogen (secondary N) is 1. The van der Waals surface area contributed by atoms with Gasteiger partial charge in [0, 0.05) is 5.56 Å². The zero-order valence-electron chi connectivity index (χ0n) is 13.0. The highest BCUT2D eigenvalue weighted by atomic mass is 19.1. The average Bonchev–Trinajstić information content (AvgIpc) is 2.66. The van der Waals surface area contributed by atoms with Crippen molar-refractivity contribution in [1.29, 1.82) is 0 Å². The van der Waals surface area contributed by atoms with Crippen molar-refractivity contribution in [3.63, 3.8) is 0 Å². The Bertz CT molecular complexity index is 594. The Kier molecular flexibility index (Phi) is 3.56. The first-order valence-corrected chi connectivity index (χ1v) is 6.90. The van der Waals surface area contributed by atoms with Crippen molar-refractivity contribution in [2.24, 2.45) is 4.99 Å². The molecule has 0 bridgehead atoms. The molecule has 0 aliphatic carbocycles. The molecule has 0 radical (unpaired) electrons. The molecule has 2 atom stereocenters. The molecule has 2 rings (SSSR count). The highest BCUT2D eigenvalue weighted by Gasteiger charge is 2.56. The second-order valence-corrected chi connectivity index (χ2v) is 6.58. The summed E-state index contributed by atoms with van der Waals surface area (Å²) in [7, 11) is 0. The standard InChI is InChI=1S/C16H21FN2O2/c1-14(2,3)21-13(20)16(5)15(4,18-10-19-16)11-8-6-7-9-12(11)17/h6-10H,1-5H3,(H,18,19)/t15-,16-/m0/s1. The monoisotopic (exact) mass is 292 g/mol. The van der Waals surface area contributed by atoms with Crippen molar-refractivity contribution in [3.8, 4) is 0 Å². The minimum absolute atomic E-state index is 0.361. The zero-order valence-corrected chi connectivity index (χ0v) is 13.0. The molecule has 114 valence electrons. The smallest absolute Gasteiger partial charge is 0.334 e. The van der Waals surface area contributed by atoms with Crippen LogP contribution < -0.4 is 5.32 Å². The van der Waals surface area contributed by atoms with Crippen molar-refractivity contribution < 1.29 is 13.9 Å². The second kappa shape index (κ2) is 4.83. The Morgan fingerprint density at radius 1 is 1.29 bits per heavy atom. The summed E-state index contributed by atoms with van der Waals surface area (Å²) >= 11 is 0. The molecular formula is C16H21FN2O2. The average molecular weight is 292 g/mol. The molecule has 1 aliphatic rings. The lowest BCUT2D eigenvalue weighted by Gasteiger charge is -2.39. The van der Waals surface area contributed by atoms with Crippen molar-refractivity contribution >= 4 is 12.3 Å². The van der Waals surface area contributed by atoms with Crippen LogP contribution in [0.3, 0.4) is 0 Å². The number of benzene rings is 1. The maximum absolute atomic E-state index is 14.2. The summed E-state index contributed by atoms with van der Waals surface area (Å²) in [5.74, 6) is -0.853. The molecule has 0 spiro atoms. The van der Waals surface area contributed by atoms with E-state index in [1.165, 1.54) is 12.4 Å². The van der Waals surface area contributed by atoms with Gasteiger partial charge in [-0.05, 0) is 40.7 Å². The SMILES string of the molecule is CC(C)(C)OC(=O)[C@]1(C)NC=N[C@@]1(C)c1ccccc1F. The summed E-state index contributed by atoms with van der Waals surface area (Å²) in [5, 5.41) is 2.94. The number of carbonyl (C=O) groups is 1. The van der Waals surface area contributed by atoms with Gasteiger partial charge in [-0.2, -0.15) is 0 Å². The third-order valence-electron chi connectivity index (χ3n) is 3.86. The van der Waals surface area contributed by atoms with Crippen LogP contribution in [-0.2, 0) is 15.1 Å². The Morgan fingerprint density at radius 3 is 2.48 bits per heavy atom. The van der Waals surface area contributed by atoms with E-state index in [1.807, 2.05) is 0 Å². The van der Waals surface area contributed by atoms with E-state index in [2.05, 4.69) is 10.3 Å². The predicted octanol–water partition coefficient (Wildman–Crippen LogP) is 2.77. The van der Waals surface area contributed by atoms with E-state index in [9.17, 15) is 9.18 Å². The van der Waals surface area contributed by atoms with Crippen LogP contribution in [0, 0.1) is 5.82 Å². The van der Waals surface area contributed by atoms with Gasteiger partial charge in [-0.15, -0.1) is 0 Å². The van der Waals surface area contributed by atoms with Crippen molar-refractivity contribution in [3.05, 3.63) is 35.6 Å². The molecule has 1 aliphatic heterocycles. The number of esters is 1. The third-order valence-corrected chi connectivity index (χ3v) is 3.86. The largest absolute Gasteiger partial charge is 0.458 e. The van der Waals surface area contributed by atoms with Crippen LogP contribution >= 0.6 is 0 Å². The fraction of sp³-hybridized carbons (Fsp3) is 0.500. The van der Waals surface area contributed by atoms with Crippen molar-refractivity contribution in [2.45, 2.75) is 51.3 Å². The molecule has 0 saturated carbocycles. The molecule has 4 nitrogen and oxygen atoms in total. The van der Waals surface area contributed by atoms with Gasteiger partial charge < -0.3 is 10.1 Å². The van der Waals surface area contributed by atoms with Crippen LogP contribution in [0.15, 0.2) is 29.3 Å². The Balaban J connectivity index is 2.45. The minimum Gasteiger partial charge on any atom is -0.458 e. The zero-order chi connectivity index (χ0) is 15.9. The van der Waals surface area contributed by atoms with Gasteiger partial charge in [0.25, 0.3) is 0 Å². The minimum atomic E-state index is -1.16. The summed E-state index contributed by atoms with van der Waals surface area (Å²) < 4.78 is 19.7. The maximum Gasteiger partial charge on any atom is 0.334 e. The molecule has 0 unspecified atom stereocenters. The number of halogens is 1. The summed E-state index contributed by atoms with van der Waals surface area (Å²) in [6.45, 7) is 8.80. The number of nitrogens with zero attached hydrogens (tertiary/aromatic N) is 1. The van der Waals surface area contributed by atoms with E-state index < -0.39 is 28.5 Å². The third kappa shape index (κ3) is 2.52. The number of carbonyl (C=O) groups excluding carboxylic acids is 1. The van der Waals surface area contributed by atoms with Crippen LogP contribution in [0.1, 0.15) is 40.2 Å². The molecule has 0 aromatic heterocycles. The molecule has 1 aromatic carbocycles. The molecule has 0 saturated heterocycles. The molecular weight excluding hydrogens is 271 g/mol. The van der Waals surface area contributed by atoms with Gasteiger partial charge in [-0.1, -0.05) is 18.2 Å². The molecule has 1 aromatic rings. The summed E-state index contributed by atoms with van der Waals surface area (Å²) in [6.07, 6.45) is 1.44. The van der Waals surface area contributed by atoms with Gasteiger partial charge >= 0.3 is 5.97 Å². The number of hydrogen-bond donors (Lipinski definition) is 1. The first-order valence-electron chi connectivity index (χ1n) is 6.90. The van der Waals surface area contributed by atoms with E-state index in [0.29, 0.717) is 5.56 Å². The summed E-state index contributed by atoms with van der Waals surface area (Å²) in [4.78, 5) is 16.9. The molecule has 21 heavy (non-hydrogen) atoms. The Hall–Kier alpha value is -1.91. The molecule has 5 heteroatoms. The van der Waals surface area contributed by atoms with Gasteiger partial charge in [-0.25, -0.2) is 9.18 Å². The van der Waals surface area contributed by atoms with E-state index in [4.69, 9.17) is 4.74 Å². The number of rotatable bonds is 2. The quantitative estimate of drug-likeness (QED) is 0.853. The predicted molar refractivity (Wildman–Crippen MR) is 79.6 cm³/mol. The normalized spacial score (nSPS) is 28.3. The highest BCUT2D eigenvalue weighted by Crippen LogP contribution is 2.41. The van der Waals surface area contributed by atoms with Crippen LogP contribution in [0.4, 0.5) is 4.39 Å². The molecule has 1 heterocycles. The van der Waals surface area contributed by atoms with Crippen molar-refractivity contribution in [2.75, 3.05) is 0 Å². The molecule has 0 amide bonds. The highest BCUT2D eigenvalue weighted by molar-refractivity contribution is 5.88. The van der Waals surface area contributed by atoms with Gasteiger partial charge in [-0.3, -0.25) is 4.99 Å².